The monoisotopic (exact) mass is 503 g/mol. The molecule has 2 aromatic rings. The van der Waals surface area contributed by atoms with Crippen molar-refractivity contribution in [2.45, 2.75) is 29.7 Å². The van der Waals surface area contributed by atoms with E-state index in [1.165, 1.54) is 36.4 Å². The lowest BCUT2D eigenvalue weighted by molar-refractivity contribution is -0.144. The van der Waals surface area contributed by atoms with Gasteiger partial charge in [0.2, 0.25) is 0 Å². The molecule has 0 bridgehead atoms. The minimum absolute atomic E-state index is 0.0610. The van der Waals surface area contributed by atoms with Crippen molar-refractivity contribution in [2.24, 2.45) is 0 Å². The number of rotatable bonds is 9. The van der Waals surface area contributed by atoms with Crippen LogP contribution in [0.2, 0.25) is 5.02 Å². The summed E-state index contributed by atoms with van der Waals surface area (Å²) in [6.07, 6.45) is 0.535. The van der Waals surface area contributed by atoms with Crippen molar-refractivity contribution in [3.63, 3.8) is 0 Å². The number of carbonyl (C=O) groups is 2. The molecule has 10 heteroatoms. The Labute approximate surface area is 182 Å². The number of aryl methyl sites for hydroxylation is 1. The number of nitrogens with zero attached hydrogens (tertiary/aromatic N) is 1. The van der Waals surface area contributed by atoms with E-state index in [1.807, 2.05) is 0 Å². The summed E-state index contributed by atoms with van der Waals surface area (Å²) in [6, 6.07) is 11.8. The zero-order valence-corrected chi connectivity index (χ0v) is 18.6. The van der Waals surface area contributed by atoms with E-state index in [2.05, 4.69) is 15.9 Å². The van der Waals surface area contributed by atoms with Gasteiger partial charge >= 0.3 is 11.9 Å². The van der Waals surface area contributed by atoms with Crippen molar-refractivity contribution in [1.82, 2.24) is 0 Å². The summed E-state index contributed by atoms with van der Waals surface area (Å²) in [6.45, 7) is 0.948. The normalized spacial score (nSPS) is 12.2. The number of carboxylic acids is 1. The summed E-state index contributed by atoms with van der Waals surface area (Å²) in [5.41, 5.74) is 0.937. The molecule has 0 aliphatic heterocycles. The zero-order chi connectivity index (χ0) is 21.6. The minimum atomic E-state index is -4.11. The number of halogens is 2. The van der Waals surface area contributed by atoms with Gasteiger partial charge in [0.15, 0.2) is 5.01 Å². The van der Waals surface area contributed by atoms with Crippen molar-refractivity contribution < 1.29 is 27.9 Å². The van der Waals surface area contributed by atoms with Crippen molar-refractivity contribution in [2.75, 3.05) is 10.8 Å². The maximum absolute atomic E-state index is 13.0. The number of ether oxygens (including phenoxy) is 1. The maximum Gasteiger partial charge on any atom is 0.324 e. The van der Waals surface area contributed by atoms with Crippen LogP contribution in [0.3, 0.4) is 0 Å². The number of benzene rings is 2. The number of alkyl halides is 1. The second-order valence-corrected chi connectivity index (χ2v) is 9.65. The molecule has 2 aromatic carbocycles. The number of hydrogen-bond donors (Lipinski definition) is 1. The van der Waals surface area contributed by atoms with Gasteiger partial charge in [0.1, 0.15) is 6.54 Å². The number of sulfonamides is 1. The fourth-order valence-electron chi connectivity index (χ4n) is 2.49. The molecule has 1 N–H and O–H groups in total. The molecule has 0 fully saturated rings. The average molecular weight is 505 g/mol. The van der Waals surface area contributed by atoms with Gasteiger partial charge in [-0.1, -0.05) is 23.7 Å². The van der Waals surface area contributed by atoms with Gasteiger partial charge < -0.3 is 9.84 Å². The van der Waals surface area contributed by atoms with Crippen LogP contribution in [0.1, 0.15) is 18.9 Å². The fraction of sp³-hybridized carbons (Fsp3) is 0.263. The first-order valence-electron chi connectivity index (χ1n) is 8.52. The van der Waals surface area contributed by atoms with E-state index < -0.39 is 22.5 Å². The molecule has 0 aromatic heterocycles. The lowest BCUT2D eigenvalue weighted by atomic mass is 10.1. The van der Waals surface area contributed by atoms with Crippen LogP contribution in [0.15, 0.2) is 53.4 Å². The van der Waals surface area contributed by atoms with E-state index >= 15 is 0 Å². The summed E-state index contributed by atoms with van der Waals surface area (Å²) in [4.78, 5) is 22.8. The van der Waals surface area contributed by atoms with Crippen molar-refractivity contribution in [3.05, 3.63) is 59.1 Å². The number of esters is 1. The summed E-state index contributed by atoms with van der Waals surface area (Å²) < 4.78 is 31.8. The molecule has 0 aliphatic rings. The third-order valence-corrected chi connectivity index (χ3v) is 6.04. The van der Waals surface area contributed by atoms with E-state index in [0.717, 1.165) is 9.87 Å². The predicted molar refractivity (Wildman–Crippen MR) is 113 cm³/mol. The highest BCUT2D eigenvalue weighted by Crippen LogP contribution is 2.25. The Morgan fingerprint density at radius 2 is 1.72 bits per heavy atom. The number of aliphatic carboxylic acids is 1. The Kier molecular flexibility index (Phi) is 8.06. The molecule has 29 heavy (non-hydrogen) atoms. The van der Waals surface area contributed by atoms with E-state index in [1.54, 1.807) is 19.1 Å². The highest BCUT2D eigenvalue weighted by Gasteiger charge is 2.27. The summed E-state index contributed by atoms with van der Waals surface area (Å²) >= 11 is 8.95. The Morgan fingerprint density at radius 3 is 2.24 bits per heavy atom. The molecule has 156 valence electrons. The van der Waals surface area contributed by atoms with Crippen LogP contribution in [0.25, 0.3) is 0 Å². The predicted octanol–water partition coefficient (Wildman–Crippen LogP) is 3.84. The van der Waals surface area contributed by atoms with E-state index in [-0.39, 0.29) is 28.0 Å². The van der Waals surface area contributed by atoms with Gasteiger partial charge in [-0.3, -0.25) is 13.9 Å². The Bertz CT molecular complexity index is 961. The molecule has 1 unspecified atom stereocenters. The lowest BCUT2D eigenvalue weighted by Gasteiger charge is -2.23. The molecule has 7 nitrogen and oxygen atoms in total. The van der Waals surface area contributed by atoms with Crippen LogP contribution in [-0.2, 0) is 30.8 Å². The quantitative estimate of drug-likeness (QED) is 0.411. The van der Waals surface area contributed by atoms with Crippen LogP contribution >= 0.6 is 27.5 Å². The Balaban J connectivity index is 2.22. The molecule has 0 saturated carbocycles. The van der Waals surface area contributed by atoms with Gasteiger partial charge in [-0.05, 0) is 71.2 Å². The molecule has 2 rings (SSSR count). The minimum Gasteiger partial charge on any atom is -0.480 e. The van der Waals surface area contributed by atoms with Crippen LogP contribution in [0, 0.1) is 0 Å². The third-order valence-electron chi connectivity index (χ3n) is 3.82. The highest BCUT2D eigenvalue weighted by atomic mass is 79.9. The molecular weight excluding hydrogens is 486 g/mol. The maximum atomic E-state index is 13.0. The third kappa shape index (κ3) is 6.73. The van der Waals surface area contributed by atoms with Gasteiger partial charge in [-0.25, -0.2) is 8.42 Å². The van der Waals surface area contributed by atoms with Crippen molar-refractivity contribution in [3.8, 4) is 0 Å². The number of carboxylic acid groups (broad SMARTS) is 1. The SMILES string of the molecule is CC(Br)OC(=O)CCc1ccc(S(=O)(=O)N(CC(=O)O)c2ccc(Cl)cc2)cc1. The van der Waals surface area contributed by atoms with Gasteiger partial charge in [0.05, 0.1) is 10.6 Å². The number of carbonyl (C=O) groups excluding carboxylic acids is 1. The van der Waals surface area contributed by atoms with Crippen LogP contribution in [0.5, 0.6) is 0 Å². The summed E-state index contributed by atoms with van der Waals surface area (Å²) in [7, 11) is -4.11. The van der Waals surface area contributed by atoms with Crippen LogP contribution in [0.4, 0.5) is 5.69 Å². The van der Waals surface area contributed by atoms with Crippen molar-refractivity contribution in [1.29, 1.82) is 0 Å². The first kappa shape index (κ1) is 23.2. The topological polar surface area (TPSA) is 101 Å². The summed E-state index contributed by atoms with van der Waals surface area (Å²) in [5, 5.41) is 9.18. The second-order valence-electron chi connectivity index (χ2n) is 6.06. The largest absolute Gasteiger partial charge is 0.480 e. The van der Waals surface area contributed by atoms with Gasteiger partial charge in [-0.15, -0.1) is 0 Å². The first-order chi connectivity index (χ1) is 13.6. The highest BCUT2D eigenvalue weighted by molar-refractivity contribution is 9.09. The van der Waals surface area contributed by atoms with E-state index in [9.17, 15) is 18.0 Å². The zero-order valence-electron chi connectivity index (χ0n) is 15.4. The second kappa shape index (κ2) is 10.1. The van der Waals surface area contributed by atoms with Crippen molar-refractivity contribution >= 4 is 55.2 Å². The lowest BCUT2D eigenvalue weighted by Crippen LogP contribution is -2.35. The van der Waals surface area contributed by atoms with E-state index in [0.29, 0.717) is 11.4 Å². The number of anilines is 1. The number of hydrogen-bond acceptors (Lipinski definition) is 5. The fourth-order valence-corrected chi connectivity index (χ4v) is 4.24. The molecule has 1 atom stereocenters. The Hall–Kier alpha value is -2.10. The van der Waals surface area contributed by atoms with Crippen LogP contribution in [-0.4, -0.2) is 37.0 Å². The van der Waals surface area contributed by atoms with Gasteiger partial charge in [0.25, 0.3) is 10.0 Å². The average Bonchev–Trinajstić information content (AvgIpc) is 2.65. The Morgan fingerprint density at radius 1 is 1.14 bits per heavy atom. The molecule has 0 spiro atoms. The molecular formula is C19H19BrClNO6S. The molecule has 0 radical (unpaired) electrons. The molecule has 0 saturated heterocycles. The smallest absolute Gasteiger partial charge is 0.324 e. The van der Waals surface area contributed by atoms with E-state index in [4.69, 9.17) is 21.4 Å². The molecule has 0 aliphatic carbocycles. The van der Waals surface area contributed by atoms with Gasteiger partial charge in [0, 0.05) is 11.4 Å². The standard InChI is InChI=1S/C19H19BrClNO6S/c1-13(20)28-19(25)11-4-14-2-9-17(10-3-14)29(26,27)22(12-18(23)24)16-7-5-15(21)6-8-16/h2-3,5-10,13H,4,11-12H2,1H3,(H,23,24). The molecule has 0 amide bonds. The van der Waals surface area contributed by atoms with Crippen LogP contribution < -0.4 is 4.31 Å². The molecule has 0 heterocycles. The summed E-state index contributed by atoms with van der Waals surface area (Å²) in [5.74, 6) is -1.67. The first-order valence-corrected chi connectivity index (χ1v) is 11.3. The van der Waals surface area contributed by atoms with Gasteiger partial charge in [-0.2, -0.15) is 0 Å².